The fourth-order valence-electron chi connectivity index (χ4n) is 1.45. The van der Waals surface area contributed by atoms with Crippen molar-refractivity contribution < 1.29 is 13.9 Å². The molecule has 0 fully saturated rings. The minimum absolute atomic E-state index is 0.0401. The van der Waals surface area contributed by atoms with Gasteiger partial charge in [-0.25, -0.2) is 8.78 Å². The number of nitrogens with two attached hydrogens (primary N) is 1. The summed E-state index contributed by atoms with van der Waals surface area (Å²) in [4.78, 5) is 11.6. The number of aromatic hydroxyl groups is 1. The van der Waals surface area contributed by atoms with Gasteiger partial charge in [0, 0.05) is 18.7 Å². The summed E-state index contributed by atoms with van der Waals surface area (Å²) in [5.74, 6) is -2.05. The van der Waals surface area contributed by atoms with E-state index >= 15 is 0 Å². The highest BCUT2D eigenvalue weighted by Gasteiger charge is 2.12. The Morgan fingerprint density at radius 1 is 1.33 bits per heavy atom. The SMILES string of the molecule is NCc1nn(-c2ccc(F)cc2F)c(=O)cc1O. The molecule has 7 heteroatoms. The van der Waals surface area contributed by atoms with Gasteiger partial charge < -0.3 is 10.8 Å². The van der Waals surface area contributed by atoms with E-state index in [2.05, 4.69) is 5.10 Å². The molecule has 2 aromatic rings. The van der Waals surface area contributed by atoms with Gasteiger partial charge in [-0.15, -0.1) is 0 Å². The van der Waals surface area contributed by atoms with Crippen LogP contribution in [0.3, 0.4) is 0 Å². The van der Waals surface area contributed by atoms with Crippen molar-refractivity contribution in [1.29, 1.82) is 0 Å². The Bertz CT molecular complexity index is 655. The Morgan fingerprint density at radius 2 is 2.06 bits per heavy atom. The highest BCUT2D eigenvalue weighted by atomic mass is 19.1. The predicted molar refractivity (Wildman–Crippen MR) is 59.3 cm³/mol. The van der Waals surface area contributed by atoms with Gasteiger partial charge >= 0.3 is 0 Å². The van der Waals surface area contributed by atoms with Crippen LogP contribution < -0.4 is 11.3 Å². The van der Waals surface area contributed by atoms with E-state index in [-0.39, 0.29) is 23.7 Å². The van der Waals surface area contributed by atoms with Crippen LogP contribution in [-0.4, -0.2) is 14.9 Å². The number of aromatic nitrogens is 2. The molecule has 0 unspecified atom stereocenters. The van der Waals surface area contributed by atoms with E-state index in [0.29, 0.717) is 6.07 Å². The zero-order valence-corrected chi connectivity index (χ0v) is 9.10. The first-order valence-electron chi connectivity index (χ1n) is 5.00. The summed E-state index contributed by atoms with van der Waals surface area (Å²) in [6.07, 6.45) is 0. The quantitative estimate of drug-likeness (QED) is 0.824. The largest absolute Gasteiger partial charge is 0.506 e. The predicted octanol–water partition coefficient (Wildman–Crippen LogP) is 0.675. The van der Waals surface area contributed by atoms with Gasteiger partial charge in [0.05, 0.1) is 0 Å². The third-order valence-corrected chi connectivity index (χ3v) is 2.32. The molecule has 0 aliphatic carbocycles. The molecule has 0 aliphatic rings. The molecule has 18 heavy (non-hydrogen) atoms. The lowest BCUT2D eigenvalue weighted by Gasteiger charge is -2.08. The second kappa shape index (κ2) is 4.53. The van der Waals surface area contributed by atoms with Crippen molar-refractivity contribution in [2.75, 3.05) is 0 Å². The van der Waals surface area contributed by atoms with E-state index in [1.165, 1.54) is 0 Å². The Morgan fingerprint density at radius 3 is 2.67 bits per heavy atom. The van der Waals surface area contributed by atoms with E-state index in [9.17, 15) is 18.7 Å². The molecule has 0 saturated heterocycles. The maximum atomic E-state index is 13.5. The Kier molecular flexibility index (Phi) is 3.07. The van der Waals surface area contributed by atoms with Gasteiger partial charge in [-0.1, -0.05) is 0 Å². The summed E-state index contributed by atoms with van der Waals surface area (Å²) in [6.45, 7) is -0.116. The number of halogens is 2. The summed E-state index contributed by atoms with van der Waals surface area (Å²) in [5.41, 5.74) is 4.41. The number of benzene rings is 1. The molecule has 0 bridgehead atoms. The highest BCUT2D eigenvalue weighted by molar-refractivity contribution is 5.34. The summed E-state index contributed by atoms with van der Waals surface area (Å²) >= 11 is 0. The van der Waals surface area contributed by atoms with Gasteiger partial charge in [0.1, 0.15) is 22.9 Å². The van der Waals surface area contributed by atoms with Gasteiger partial charge in [-0.3, -0.25) is 4.79 Å². The maximum absolute atomic E-state index is 13.5. The second-order valence-corrected chi connectivity index (χ2v) is 3.53. The number of hydrogen-bond acceptors (Lipinski definition) is 4. The van der Waals surface area contributed by atoms with Crippen molar-refractivity contribution in [3.63, 3.8) is 0 Å². The molecule has 1 aromatic heterocycles. The van der Waals surface area contributed by atoms with Crippen molar-refractivity contribution in [3.05, 3.63) is 51.9 Å². The summed E-state index contributed by atoms with van der Waals surface area (Å²) in [7, 11) is 0. The van der Waals surface area contributed by atoms with Gasteiger partial charge in [0.25, 0.3) is 5.56 Å². The molecule has 2 rings (SSSR count). The van der Waals surface area contributed by atoms with Gasteiger partial charge in [0.2, 0.25) is 0 Å². The van der Waals surface area contributed by atoms with Crippen LogP contribution in [0, 0.1) is 11.6 Å². The molecule has 1 aromatic carbocycles. The van der Waals surface area contributed by atoms with Crippen LogP contribution in [0.2, 0.25) is 0 Å². The molecule has 5 nitrogen and oxygen atoms in total. The number of nitrogens with zero attached hydrogens (tertiary/aromatic N) is 2. The summed E-state index contributed by atoms with van der Waals surface area (Å²) in [6, 6.07) is 3.59. The fourth-order valence-corrected chi connectivity index (χ4v) is 1.45. The summed E-state index contributed by atoms with van der Waals surface area (Å²) < 4.78 is 27.0. The van der Waals surface area contributed by atoms with Gasteiger partial charge in [0.15, 0.2) is 5.82 Å². The van der Waals surface area contributed by atoms with Crippen LogP contribution in [0.25, 0.3) is 5.69 Å². The summed E-state index contributed by atoms with van der Waals surface area (Å²) in [5, 5.41) is 13.1. The van der Waals surface area contributed by atoms with Crippen LogP contribution >= 0.6 is 0 Å². The van der Waals surface area contributed by atoms with E-state index in [4.69, 9.17) is 5.73 Å². The standard InChI is InChI=1S/C11H9F2N3O2/c12-6-1-2-9(7(13)3-6)16-11(18)4-10(17)8(5-14)15-16/h1-4,17H,5,14H2. The lowest BCUT2D eigenvalue weighted by atomic mass is 10.3. The van der Waals surface area contributed by atoms with E-state index in [0.717, 1.165) is 22.9 Å². The van der Waals surface area contributed by atoms with Crippen molar-refractivity contribution in [3.8, 4) is 11.4 Å². The zero-order chi connectivity index (χ0) is 13.3. The van der Waals surface area contributed by atoms with Gasteiger partial charge in [-0.2, -0.15) is 9.78 Å². The monoisotopic (exact) mass is 253 g/mol. The first kappa shape index (κ1) is 12.2. The average Bonchev–Trinajstić information content (AvgIpc) is 2.30. The molecule has 1 heterocycles. The topological polar surface area (TPSA) is 81.1 Å². The van der Waals surface area contributed by atoms with Crippen LogP contribution in [-0.2, 0) is 6.54 Å². The lowest BCUT2D eigenvalue weighted by Crippen LogP contribution is -2.23. The van der Waals surface area contributed by atoms with E-state index < -0.39 is 17.2 Å². The van der Waals surface area contributed by atoms with Gasteiger partial charge in [-0.05, 0) is 12.1 Å². The molecular formula is C11H9F2N3O2. The smallest absolute Gasteiger partial charge is 0.275 e. The first-order chi connectivity index (χ1) is 8.52. The fraction of sp³-hybridized carbons (Fsp3) is 0.0909. The van der Waals surface area contributed by atoms with Crippen LogP contribution in [0.4, 0.5) is 8.78 Å². The van der Waals surface area contributed by atoms with E-state index in [1.54, 1.807) is 0 Å². The molecule has 0 saturated carbocycles. The number of rotatable bonds is 2. The molecular weight excluding hydrogens is 244 g/mol. The van der Waals surface area contributed by atoms with Crippen LogP contribution in [0.5, 0.6) is 5.75 Å². The Hall–Kier alpha value is -2.28. The van der Waals surface area contributed by atoms with Crippen molar-refractivity contribution in [1.82, 2.24) is 9.78 Å². The Balaban J connectivity index is 2.67. The average molecular weight is 253 g/mol. The molecule has 0 atom stereocenters. The van der Waals surface area contributed by atoms with Crippen LogP contribution in [0.1, 0.15) is 5.69 Å². The third-order valence-electron chi connectivity index (χ3n) is 2.32. The normalized spacial score (nSPS) is 10.6. The second-order valence-electron chi connectivity index (χ2n) is 3.53. The van der Waals surface area contributed by atoms with Crippen molar-refractivity contribution in [2.45, 2.75) is 6.54 Å². The molecule has 94 valence electrons. The molecule has 0 radical (unpaired) electrons. The number of hydrogen-bond donors (Lipinski definition) is 2. The molecule has 0 aliphatic heterocycles. The minimum atomic E-state index is -0.932. The Labute approximate surface area is 100 Å². The lowest BCUT2D eigenvalue weighted by molar-refractivity contribution is 0.456. The van der Waals surface area contributed by atoms with E-state index in [1.807, 2.05) is 0 Å². The zero-order valence-electron chi connectivity index (χ0n) is 9.10. The first-order valence-corrected chi connectivity index (χ1v) is 5.00. The third kappa shape index (κ3) is 2.07. The molecule has 0 spiro atoms. The van der Waals surface area contributed by atoms with Crippen LogP contribution in [0.15, 0.2) is 29.1 Å². The highest BCUT2D eigenvalue weighted by Crippen LogP contribution is 2.15. The van der Waals surface area contributed by atoms with Crippen molar-refractivity contribution >= 4 is 0 Å². The molecule has 0 amide bonds. The minimum Gasteiger partial charge on any atom is -0.506 e. The van der Waals surface area contributed by atoms with Crippen molar-refractivity contribution in [2.24, 2.45) is 5.73 Å². The molecule has 3 N–H and O–H groups in total. The maximum Gasteiger partial charge on any atom is 0.275 e.